The van der Waals surface area contributed by atoms with Crippen LogP contribution in [0.2, 0.25) is 0 Å². The van der Waals surface area contributed by atoms with Gasteiger partial charge >= 0.3 is 13.4 Å². The Bertz CT molecular complexity index is 1650. The van der Waals surface area contributed by atoms with E-state index in [1.54, 1.807) is 13.4 Å². The summed E-state index contributed by atoms with van der Waals surface area (Å²) < 4.78 is 41.3. The zero-order valence-electron chi connectivity index (χ0n) is 25.5. The molecule has 3 fully saturated rings. The number of aromatic amines is 1. The summed E-state index contributed by atoms with van der Waals surface area (Å²) in [7, 11) is -2.75. The second-order valence-corrected chi connectivity index (χ2v) is 13.0. The van der Waals surface area contributed by atoms with Crippen LogP contribution in [0, 0.1) is 0 Å². The molecule has 3 aromatic rings. The second-order valence-electron chi connectivity index (χ2n) is 11.3. The standard InChI is InChI=1S/C26H36N9O11P/c1-31-14-33(23-20(31)24(38)30-26(27)29-23)25-22(42-16-44-35-8-3-5-18(35)11-37)21(41-15-43-34-7-2-4-17(34)10-36)19(46-25)12-45-47(39,40)32-9-6-28-13-32/h6,9-11,13-14,17-19,21-22,25H,2-5,7-8,12,15-16H2,1H3,(H3-,27,29,30,38,39,40)/p+1/t17-,18-,19+,21?,22-,25+/m0/s1. The van der Waals surface area contributed by atoms with Gasteiger partial charge in [0.05, 0.1) is 25.7 Å². The number of nitrogens with two attached hydrogens (primary N) is 1. The normalized spacial score (nSPS) is 28.3. The van der Waals surface area contributed by atoms with Crippen molar-refractivity contribution in [1.82, 2.24) is 34.0 Å². The van der Waals surface area contributed by atoms with Gasteiger partial charge in [0.25, 0.3) is 11.5 Å². The minimum atomic E-state index is -4.39. The summed E-state index contributed by atoms with van der Waals surface area (Å²) in [5.74, 6) is -0.131. The molecule has 3 aliphatic rings. The molecule has 6 rings (SSSR count). The molecule has 7 atom stereocenters. The fourth-order valence-corrected chi connectivity index (χ4v) is 6.91. The van der Waals surface area contributed by atoms with Crippen LogP contribution in [-0.4, -0.2) is 115 Å². The molecule has 0 aliphatic carbocycles. The molecule has 3 aliphatic heterocycles. The topological polar surface area (TPSA) is 232 Å². The summed E-state index contributed by atoms with van der Waals surface area (Å²) >= 11 is 0. The van der Waals surface area contributed by atoms with Crippen molar-refractivity contribution < 1.29 is 52.0 Å². The Morgan fingerprint density at radius 1 is 1.13 bits per heavy atom. The van der Waals surface area contributed by atoms with Crippen LogP contribution in [0.25, 0.3) is 11.2 Å². The van der Waals surface area contributed by atoms with E-state index in [0.717, 1.165) is 36.1 Å². The maximum absolute atomic E-state index is 13.0. The van der Waals surface area contributed by atoms with E-state index < -0.39 is 56.5 Å². The smallest absolute Gasteiger partial charge is 0.355 e. The molecule has 0 bridgehead atoms. The van der Waals surface area contributed by atoms with Gasteiger partial charge < -0.3 is 34.4 Å². The summed E-state index contributed by atoms with van der Waals surface area (Å²) in [6.45, 7) is -0.0476. The molecule has 3 saturated heterocycles. The molecule has 2 unspecified atom stereocenters. The Morgan fingerprint density at radius 2 is 1.79 bits per heavy atom. The number of aldehydes is 2. The number of hydroxylamine groups is 4. The van der Waals surface area contributed by atoms with E-state index >= 15 is 0 Å². The molecule has 21 heteroatoms. The molecule has 0 amide bonds. The van der Waals surface area contributed by atoms with E-state index in [1.807, 2.05) is 0 Å². The number of nitrogens with zero attached hydrogens (tertiary/aromatic N) is 7. The van der Waals surface area contributed by atoms with Crippen LogP contribution < -0.4 is 15.9 Å². The summed E-state index contributed by atoms with van der Waals surface area (Å²) in [5.41, 5.74) is 5.76. The van der Waals surface area contributed by atoms with E-state index in [2.05, 4.69) is 15.0 Å². The Labute approximate surface area is 267 Å². The fourth-order valence-electron chi connectivity index (χ4n) is 6.02. The third kappa shape index (κ3) is 7.07. The molecular formula is C26H37N9O11P+. The number of hydrogen-bond donors (Lipinski definition) is 3. The third-order valence-electron chi connectivity index (χ3n) is 8.31. The Hall–Kier alpha value is -3.43. The molecule has 0 saturated carbocycles. The quantitative estimate of drug-likeness (QED) is 0.0737. The molecule has 47 heavy (non-hydrogen) atoms. The van der Waals surface area contributed by atoms with E-state index in [0.29, 0.717) is 25.9 Å². The molecule has 6 heterocycles. The number of rotatable bonds is 15. The highest BCUT2D eigenvalue weighted by Gasteiger charge is 2.51. The second kappa shape index (κ2) is 14.4. The lowest BCUT2D eigenvalue weighted by Crippen LogP contribution is -2.48. The van der Waals surface area contributed by atoms with Crippen molar-refractivity contribution in [3.05, 3.63) is 35.4 Å². The molecule has 0 radical (unpaired) electrons. The fraction of sp³-hybridized carbons (Fsp3) is 0.615. The third-order valence-corrected chi connectivity index (χ3v) is 9.61. The molecule has 0 spiro atoms. The van der Waals surface area contributed by atoms with E-state index in [4.69, 9.17) is 34.1 Å². The zero-order valence-corrected chi connectivity index (χ0v) is 26.4. The van der Waals surface area contributed by atoms with Crippen LogP contribution in [0.4, 0.5) is 5.95 Å². The first-order valence-corrected chi connectivity index (χ1v) is 16.5. The number of aromatic nitrogens is 6. The number of carbonyl (C=O) groups is 2. The molecular weight excluding hydrogens is 645 g/mol. The lowest BCUT2D eigenvalue weighted by atomic mass is 10.1. The number of hydrogen-bond acceptors (Lipinski definition) is 15. The average molecular weight is 683 g/mol. The first kappa shape index (κ1) is 33.5. The van der Waals surface area contributed by atoms with Crippen LogP contribution in [-0.2, 0) is 49.6 Å². The molecule has 256 valence electrons. The molecule has 0 aromatic carbocycles. The molecule has 4 N–H and O–H groups in total. The van der Waals surface area contributed by atoms with Crippen LogP contribution in [0.1, 0.15) is 31.9 Å². The maximum Gasteiger partial charge on any atom is 0.437 e. The van der Waals surface area contributed by atoms with Gasteiger partial charge in [0.2, 0.25) is 11.7 Å². The Balaban J connectivity index is 1.30. The number of nitrogen functional groups attached to an aromatic ring is 1. The monoisotopic (exact) mass is 682 g/mol. The minimum Gasteiger partial charge on any atom is -0.355 e. The van der Waals surface area contributed by atoms with Crippen molar-refractivity contribution in [3.63, 3.8) is 0 Å². The van der Waals surface area contributed by atoms with Crippen molar-refractivity contribution in [2.45, 2.75) is 62.3 Å². The highest BCUT2D eigenvalue weighted by atomic mass is 31.2. The average Bonchev–Trinajstić information content (AvgIpc) is 3.88. The van der Waals surface area contributed by atoms with E-state index in [9.17, 15) is 23.8 Å². The van der Waals surface area contributed by atoms with Gasteiger partial charge in [0.1, 0.15) is 37.2 Å². The van der Waals surface area contributed by atoms with Crippen molar-refractivity contribution >= 4 is 37.4 Å². The van der Waals surface area contributed by atoms with Crippen molar-refractivity contribution in [2.75, 3.05) is 39.0 Å². The van der Waals surface area contributed by atoms with E-state index in [1.165, 1.54) is 31.7 Å². The lowest BCUT2D eigenvalue weighted by Gasteiger charge is -2.27. The number of ether oxygens (including phenoxy) is 3. The maximum atomic E-state index is 13.0. The first-order valence-electron chi connectivity index (χ1n) is 15.0. The Morgan fingerprint density at radius 3 is 2.40 bits per heavy atom. The predicted octanol–water partition coefficient (Wildman–Crippen LogP) is -1.23. The largest absolute Gasteiger partial charge is 0.437 e. The van der Waals surface area contributed by atoms with Gasteiger partial charge in [0.15, 0.2) is 19.9 Å². The van der Waals surface area contributed by atoms with Crippen molar-refractivity contribution in [1.29, 1.82) is 0 Å². The van der Waals surface area contributed by atoms with Gasteiger partial charge in [-0.3, -0.25) is 28.5 Å². The number of imidazole rings is 2. The summed E-state index contributed by atoms with van der Waals surface area (Å²) in [6.07, 6.45) is 5.62. The van der Waals surface area contributed by atoms with Gasteiger partial charge in [-0.15, -0.1) is 0 Å². The van der Waals surface area contributed by atoms with Gasteiger partial charge in [-0.2, -0.15) is 10.1 Å². The van der Waals surface area contributed by atoms with Crippen LogP contribution in [0.3, 0.4) is 0 Å². The minimum absolute atomic E-state index is 0.131. The first-order chi connectivity index (χ1) is 22.7. The number of aryl methyl sites for hydroxylation is 1. The SMILES string of the molecule is Cn1c[n+]([C@@H]2O[C@H](COP(=O)(O)n3ccnc3)C(OCON3CCC[C@H]3C=O)[C@@H]2OCON2CCC[C@H]2C=O)c2nc(N)[nH]c(=O)c21. The molecule has 3 aromatic heterocycles. The Kier molecular flexibility index (Phi) is 10.2. The van der Waals surface area contributed by atoms with Crippen molar-refractivity contribution in [2.24, 2.45) is 7.05 Å². The van der Waals surface area contributed by atoms with Crippen molar-refractivity contribution in [3.8, 4) is 0 Å². The van der Waals surface area contributed by atoms with Crippen LogP contribution in [0.15, 0.2) is 29.8 Å². The van der Waals surface area contributed by atoms with Crippen LogP contribution >= 0.6 is 7.75 Å². The number of carbonyl (C=O) groups excluding carboxylic acids is 2. The molecule has 20 nitrogen and oxygen atoms in total. The van der Waals surface area contributed by atoms with E-state index in [-0.39, 0.29) is 30.7 Å². The number of nitrogens with one attached hydrogen (secondary N) is 1. The summed E-state index contributed by atoms with van der Waals surface area (Å²) in [4.78, 5) is 68.6. The highest BCUT2D eigenvalue weighted by Crippen LogP contribution is 2.44. The lowest BCUT2D eigenvalue weighted by molar-refractivity contribution is -0.746. The zero-order chi connectivity index (χ0) is 33.1. The van der Waals surface area contributed by atoms with Gasteiger partial charge in [-0.25, -0.2) is 18.5 Å². The number of fused-ring (bicyclic) bond motifs is 1. The van der Waals surface area contributed by atoms with Gasteiger partial charge in [0, 0.05) is 25.5 Å². The van der Waals surface area contributed by atoms with Gasteiger partial charge in [-0.1, -0.05) is 4.98 Å². The van der Waals surface area contributed by atoms with Gasteiger partial charge in [-0.05, 0) is 25.7 Å². The highest BCUT2D eigenvalue weighted by molar-refractivity contribution is 7.51. The summed E-state index contributed by atoms with van der Waals surface area (Å²) in [6, 6.07) is -0.844. The number of H-pyrrole nitrogens is 1. The van der Waals surface area contributed by atoms with Crippen LogP contribution in [0.5, 0.6) is 0 Å². The number of anilines is 1. The predicted molar refractivity (Wildman–Crippen MR) is 156 cm³/mol. The summed E-state index contributed by atoms with van der Waals surface area (Å²) in [5, 5.41) is 3.06.